The van der Waals surface area contributed by atoms with Crippen LogP contribution in [0, 0.1) is 0 Å². The van der Waals surface area contributed by atoms with Gasteiger partial charge in [0, 0.05) is 18.7 Å². The van der Waals surface area contributed by atoms with Crippen molar-refractivity contribution in [1.82, 2.24) is 9.97 Å². The van der Waals surface area contributed by atoms with Gasteiger partial charge in [-0.25, -0.2) is 4.98 Å². The van der Waals surface area contributed by atoms with E-state index in [1.807, 2.05) is 6.20 Å². The summed E-state index contributed by atoms with van der Waals surface area (Å²) in [5.41, 5.74) is 7.06. The Bertz CT molecular complexity index is 255. The lowest BCUT2D eigenvalue weighted by molar-refractivity contribution is 0.622. The van der Waals surface area contributed by atoms with E-state index in [1.54, 1.807) is 0 Å². The van der Waals surface area contributed by atoms with E-state index < -0.39 is 0 Å². The molecule has 1 aromatic rings. The van der Waals surface area contributed by atoms with E-state index in [0.29, 0.717) is 0 Å². The molecule has 0 aliphatic carbocycles. The summed E-state index contributed by atoms with van der Waals surface area (Å²) in [5, 5.41) is 0. The van der Waals surface area contributed by atoms with Gasteiger partial charge < -0.3 is 10.7 Å². The molecule has 0 aliphatic heterocycles. The number of imidazole rings is 1. The van der Waals surface area contributed by atoms with Gasteiger partial charge >= 0.3 is 0 Å². The lowest BCUT2D eigenvalue weighted by Gasteiger charge is -2.06. The van der Waals surface area contributed by atoms with Crippen LogP contribution in [0.3, 0.4) is 0 Å². The lowest BCUT2D eigenvalue weighted by Crippen LogP contribution is -2.10. The molecule has 0 amide bonds. The fraction of sp³-hybridized carbons (Fsp3) is 0.727. The van der Waals surface area contributed by atoms with Crippen molar-refractivity contribution in [1.29, 1.82) is 0 Å². The zero-order valence-corrected chi connectivity index (χ0v) is 9.21. The summed E-state index contributed by atoms with van der Waals surface area (Å²) in [4.78, 5) is 7.62. The highest BCUT2D eigenvalue weighted by molar-refractivity contribution is 5.06. The summed E-state index contributed by atoms with van der Waals surface area (Å²) in [6.45, 7) is 4.33. The van der Waals surface area contributed by atoms with E-state index in [2.05, 4.69) is 23.8 Å². The molecule has 1 unspecified atom stereocenters. The van der Waals surface area contributed by atoms with Crippen molar-refractivity contribution in [3.05, 3.63) is 17.7 Å². The van der Waals surface area contributed by atoms with Crippen LogP contribution in [-0.2, 0) is 6.42 Å². The summed E-state index contributed by atoms with van der Waals surface area (Å²) < 4.78 is 0. The largest absolute Gasteiger partial charge is 0.345 e. The first-order valence-corrected chi connectivity index (χ1v) is 5.57. The number of nitrogens with zero attached hydrogens (tertiary/aromatic N) is 1. The predicted molar refractivity (Wildman–Crippen MR) is 59.0 cm³/mol. The summed E-state index contributed by atoms with van der Waals surface area (Å²) in [7, 11) is 0. The molecule has 0 fully saturated rings. The fourth-order valence-corrected chi connectivity index (χ4v) is 1.50. The molecule has 0 bridgehead atoms. The molecular weight excluding hydrogens is 174 g/mol. The summed E-state index contributed by atoms with van der Waals surface area (Å²) in [6.07, 6.45) is 7.45. The van der Waals surface area contributed by atoms with Crippen LogP contribution in [0.2, 0.25) is 0 Å². The van der Waals surface area contributed by atoms with Gasteiger partial charge in [0.15, 0.2) is 0 Å². The van der Waals surface area contributed by atoms with Gasteiger partial charge in [0.05, 0.1) is 5.69 Å². The van der Waals surface area contributed by atoms with Crippen molar-refractivity contribution in [2.24, 2.45) is 5.73 Å². The van der Waals surface area contributed by atoms with E-state index >= 15 is 0 Å². The van der Waals surface area contributed by atoms with Crippen molar-refractivity contribution >= 4 is 0 Å². The van der Waals surface area contributed by atoms with Gasteiger partial charge in [0.25, 0.3) is 0 Å². The minimum Gasteiger partial charge on any atom is -0.345 e. The second-order valence-corrected chi connectivity index (χ2v) is 3.78. The number of hydrogen-bond donors (Lipinski definition) is 2. The number of nitrogens with two attached hydrogens (primary N) is 1. The van der Waals surface area contributed by atoms with Crippen LogP contribution < -0.4 is 5.73 Å². The first-order valence-electron chi connectivity index (χ1n) is 5.57. The number of aryl methyl sites for hydroxylation is 1. The molecule has 3 nitrogen and oxygen atoms in total. The van der Waals surface area contributed by atoms with Gasteiger partial charge in [-0.3, -0.25) is 0 Å². The molecule has 80 valence electrons. The number of aromatic amines is 1. The number of nitrogens with one attached hydrogen (secondary N) is 1. The molecule has 0 saturated carbocycles. The molecule has 0 radical (unpaired) electrons. The van der Waals surface area contributed by atoms with Crippen LogP contribution in [0.25, 0.3) is 0 Å². The Hall–Kier alpha value is -0.830. The van der Waals surface area contributed by atoms with E-state index in [1.165, 1.54) is 12.8 Å². The van der Waals surface area contributed by atoms with Gasteiger partial charge in [-0.1, -0.05) is 26.7 Å². The second-order valence-electron chi connectivity index (χ2n) is 3.78. The molecule has 1 rings (SSSR count). The highest BCUT2D eigenvalue weighted by Crippen LogP contribution is 2.13. The maximum absolute atomic E-state index is 5.98. The molecule has 1 heterocycles. The molecule has 0 saturated heterocycles. The number of hydrogen-bond acceptors (Lipinski definition) is 2. The highest BCUT2D eigenvalue weighted by Gasteiger charge is 2.07. The minimum atomic E-state index is 0.128. The minimum absolute atomic E-state index is 0.128. The van der Waals surface area contributed by atoms with Crippen molar-refractivity contribution in [3.8, 4) is 0 Å². The molecule has 1 atom stereocenters. The Kier molecular flexibility index (Phi) is 4.66. The SMILES string of the molecule is CCCCc1ncc(C(N)CCC)[nH]1. The average molecular weight is 195 g/mol. The van der Waals surface area contributed by atoms with Crippen molar-refractivity contribution in [3.63, 3.8) is 0 Å². The molecule has 3 heteroatoms. The Balaban J connectivity index is 2.49. The van der Waals surface area contributed by atoms with Gasteiger partial charge in [0.1, 0.15) is 5.82 Å². The summed E-state index contributed by atoms with van der Waals surface area (Å²) >= 11 is 0. The molecule has 0 aliphatic rings. The molecule has 3 N–H and O–H groups in total. The molecule has 0 spiro atoms. The van der Waals surface area contributed by atoms with Crippen LogP contribution in [-0.4, -0.2) is 9.97 Å². The Morgan fingerprint density at radius 1 is 1.43 bits per heavy atom. The fourth-order valence-electron chi connectivity index (χ4n) is 1.50. The van der Waals surface area contributed by atoms with Crippen molar-refractivity contribution in [2.45, 2.75) is 52.0 Å². The molecular formula is C11H21N3. The predicted octanol–water partition coefficient (Wildman–Crippen LogP) is 2.55. The maximum Gasteiger partial charge on any atom is 0.106 e. The van der Waals surface area contributed by atoms with Crippen LogP contribution >= 0.6 is 0 Å². The van der Waals surface area contributed by atoms with Crippen LogP contribution in [0.1, 0.15) is 57.1 Å². The molecule has 14 heavy (non-hydrogen) atoms. The Labute approximate surface area is 86.1 Å². The number of unbranched alkanes of at least 4 members (excludes halogenated alkanes) is 1. The first kappa shape index (κ1) is 11.2. The monoisotopic (exact) mass is 195 g/mol. The lowest BCUT2D eigenvalue weighted by atomic mass is 10.1. The van der Waals surface area contributed by atoms with Crippen LogP contribution in [0.5, 0.6) is 0 Å². The van der Waals surface area contributed by atoms with Crippen molar-refractivity contribution in [2.75, 3.05) is 0 Å². The molecule has 0 aromatic carbocycles. The van der Waals surface area contributed by atoms with E-state index in [-0.39, 0.29) is 6.04 Å². The van der Waals surface area contributed by atoms with E-state index in [9.17, 15) is 0 Å². The average Bonchev–Trinajstić information content (AvgIpc) is 2.63. The normalized spacial score (nSPS) is 13.1. The quantitative estimate of drug-likeness (QED) is 0.733. The molecule has 1 aromatic heterocycles. The zero-order valence-electron chi connectivity index (χ0n) is 9.21. The number of H-pyrrole nitrogens is 1. The smallest absolute Gasteiger partial charge is 0.106 e. The van der Waals surface area contributed by atoms with Crippen LogP contribution in [0.15, 0.2) is 6.20 Å². The van der Waals surface area contributed by atoms with Crippen molar-refractivity contribution < 1.29 is 0 Å². The maximum atomic E-state index is 5.98. The van der Waals surface area contributed by atoms with Gasteiger partial charge in [-0.2, -0.15) is 0 Å². The van der Waals surface area contributed by atoms with Gasteiger partial charge in [-0.05, 0) is 12.8 Å². The third kappa shape index (κ3) is 3.14. The third-order valence-corrected chi connectivity index (χ3v) is 2.41. The van der Waals surface area contributed by atoms with Gasteiger partial charge in [0.2, 0.25) is 0 Å². The standard InChI is InChI=1S/C11H21N3/c1-3-5-7-11-13-8-10(14-11)9(12)6-4-2/h8-9H,3-7,12H2,1-2H3,(H,13,14). The van der Waals surface area contributed by atoms with Gasteiger partial charge in [-0.15, -0.1) is 0 Å². The Morgan fingerprint density at radius 3 is 2.86 bits per heavy atom. The van der Waals surface area contributed by atoms with E-state index in [4.69, 9.17) is 5.73 Å². The highest BCUT2D eigenvalue weighted by atomic mass is 14.9. The summed E-state index contributed by atoms with van der Waals surface area (Å²) in [6, 6.07) is 0.128. The topological polar surface area (TPSA) is 54.7 Å². The van der Waals surface area contributed by atoms with E-state index in [0.717, 1.165) is 30.8 Å². The third-order valence-electron chi connectivity index (χ3n) is 2.41. The number of aromatic nitrogens is 2. The first-order chi connectivity index (χ1) is 6.77. The summed E-state index contributed by atoms with van der Waals surface area (Å²) in [5.74, 6) is 1.08. The number of rotatable bonds is 6. The zero-order chi connectivity index (χ0) is 10.4. The van der Waals surface area contributed by atoms with Crippen LogP contribution in [0.4, 0.5) is 0 Å². The Morgan fingerprint density at radius 2 is 2.21 bits per heavy atom. The second kappa shape index (κ2) is 5.81.